The predicted molar refractivity (Wildman–Crippen MR) is 40.3 cm³/mol. The van der Waals surface area contributed by atoms with Gasteiger partial charge in [0.05, 0.1) is 7.11 Å². The van der Waals surface area contributed by atoms with Crippen LogP contribution in [0.1, 0.15) is 0 Å². The molecule has 6 heteroatoms. The number of alkyl halides is 1. The SMILES string of the molecule is COC1=NC(Cl)N(Cl)C=N1. The lowest BCUT2D eigenvalue weighted by atomic mass is 10.9. The molecule has 0 saturated carbocycles. The Morgan fingerprint density at radius 3 is 3.00 bits per heavy atom. The minimum Gasteiger partial charge on any atom is -0.467 e. The Morgan fingerprint density at radius 1 is 1.80 bits per heavy atom. The average Bonchev–Trinajstić information content (AvgIpc) is 1.95. The fourth-order valence-corrected chi connectivity index (χ4v) is 0.666. The van der Waals surface area contributed by atoms with Crippen molar-refractivity contribution < 1.29 is 4.74 Å². The average molecular weight is 182 g/mol. The van der Waals surface area contributed by atoms with Crippen molar-refractivity contribution in [3.8, 4) is 0 Å². The fourth-order valence-electron chi connectivity index (χ4n) is 0.445. The number of nitrogens with zero attached hydrogens (tertiary/aromatic N) is 3. The molecule has 1 aliphatic rings. The summed E-state index contributed by atoms with van der Waals surface area (Å²) in [5.74, 6) is 0. The number of aliphatic imine (C=N–C) groups is 2. The molecule has 0 N–H and O–H groups in total. The van der Waals surface area contributed by atoms with Crippen LogP contribution < -0.4 is 0 Å². The summed E-state index contributed by atoms with van der Waals surface area (Å²) in [7, 11) is 1.46. The molecule has 0 fully saturated rings. The fraction of sp³-hybridized carbons (Fsp3) is 0.500. The normalized spacial score (nSPS) is 24.5. The summed E-state index contributed by atoms with van der Waals surface area (Å²) in [6.45, 7) is 0. The van der Waals surface area contributed by atoms with Crippen LogP contribution in [0.3, 0.4) is 0 Å². The van der Waals surface area contributed by atoms with Crippen LogP contribution in [-0.4, -0.2) is 29.5 Å². The molecule has 0 saturated heterocycles. The Morgan fingerprint density at radius 2 is 2.50 bits per heavy atom. The minimum atomic E-state index is -0.630. The highest BCUT2D eigenvalue weighted by molar-refractivity contribution is 6.29. The molecule has 0 radical (unpaired) electrons. The van der Waals surface area contributed by atoms with E-state index in [9.17, 15) is 0 Å². The molecule has 0 amide bonds. The number of hydrogen-bond acceptors (Lipinski definition) is 4. The number of halogens is 2. The van der Waals surface area contributed by atoms with Crippen LogP contribution in [0.25, 0.3) is 0 Å². The van der Waals surface area contributed by atoms with Crippen LogP contribution >= 0.6 is 23.4 Å². The number of hydrogen-bond donors (Lipinski definition) is 0. The largest absolute Gasteiger partial charge is 0.467 e. The van der Waals surface area contributed by atoms with Gasteiger partial charge in [0.2, 0.25) is 5.62 Å². The van der Waals surface area contributed by atoms with Gasteiger partial charge in [-0.1, -0.05) is 11.6 Å². The maximum absolute atomic E-state index is 5.58. The molecule has 1 heterocycles. The van der Waals surface area contributed by atoms with Crippen molar-refractivity contribution in [2.75, 3.05) is 7.11 Å². The summed E-state index contributed by atoms with van der Waals surface area (Å²) in [4.78, 5) is 7.43. The third-order valence-corrected chi connectivity index (χ3v) is 1.56. The number of amidine groups is 1. The van der Waals surface area contributed by atoms with E-state index in [2.05, 4.69) is 9.98 Å². The zero-order valence-electron chi connectivity index (χ0n) is 5.16. The second-order valence-corrected chi connectivity index (χ2v) is 2.30. The van der Waals surface area contributed by atoms with E-state index in [4.69, 9.17) is 28.1 Å². The molecule has 0 aromatic heterocycles. The monoisotopic (exact) mass is 181 g/mol. The summed E-state index contributed by atoms with van der Waals surface area (Å²) in [5, 5.41) is 0. The van der Waals surface area contributed by atoms with Crippen LogP contribution in [0.15, 0.2) is 9.98 Å². The van der Waals surface area contributed by atoms with Gasteiger partial charge in [0.25, 0.3) is 0 Å². The second-order valence-electron chi connectivity index (χ2n) is 1.52. The molecule has 0 aromatic rings. The molecule has 0 bridgehead atoms. The first-order valence-electron chi connectivity index (χ1n) is 2.48. The lowest BCUT2D eigenvalue weighted by Gasteiger charge is -2.16. The van der Waals surface area contributed by atoms with E-state index in [1.165, 1.54) is 13.4 Å². The molecule has 1 unspecified atom stereocenters. The number of ether oxygens (including phenoxy) is 1. The summed E-state index contributed by atoms with van der Waals surface area (Å²) in [5.41, 5.74) is -0.630. The number of methoxy groups -OCH3 is 1. The molecular weight excluding hydrogens is 177 g/mol. The molecule has 0 aliphatic carbocycles. The van der Waals surface area contributed by atoms with E-state index in [0.29, 0.717) is 0 Å². The van der Waals surface area contributed by atoms with Gasteiger partial charge in [0, 0.05) is 11.8 Å². The summed E-state index contributed by atoms with van der Waals surface area (Å²) in [6.07, 6.45) is 1.34. The second kappa shape index (κ2) is 3.07. The van der Waals surface area contributed by atoms with E-state index in [0.717, 1.165) is 4.42 Å². The smallest absolute Gasteiger partial charge is 0.316 e. The standard InChI is InChI=1S/C4H5Cl2N3O/c1-10-4-7-2-9(6)3(5)8-4/h2-3H,1H3. The first-order chi connectivity index (χ1) is 4.74. The predicted octanol–water partition coefficient (Wildman–Crippen LogP) is 1.01. The summed E-state index contributed by atoms with van der Waals surface area (Å²) >= 11 is 11.1. The van der Waals surface area contributed by atoms with Crippen molar-refractivity contribution in [2.45, 2.75) is 5.62 Å². The molecule has 0 aromatic carbocycles. The van der Waals surface area contributed by atoms with E-state index in [1.807, 2.05) is 0 Å². The molecule has 10 heavy (non-hydrogen) atoms. The zero-order valence-corrected chi connectivity index (χ0v) is 6.67. The van der Waals surface area contributed by atoms with Gasteiger partial charge < -0.3 is 4.74 Å². The molecule has 1 rings (SSSR count). The number of rotatable bonds is 0. The van der Waals surface area contributed by atoms with Crippen molar-refractivity contribution in [2.24, 2.45) is 9.98 Å². The van der Waals surface area contributed by atoms with Gasteiger partial charge in [0.1, 0.15) is 6.34 Å². The van der Waals surface area contributed by atoms with Crippen molar-refractivity contribution in [3.63, 3.8) is 0 Å². The Labute approximate surface area is 68.2 Å². The van der Waals surface area contributed by atoms with Gasteiger partial charge >= 0.3 is 6.02 Å². The summed E-state index contributed by atoms with van der Waals surface area (Å²) < 4.78 is 5.84. The van der Waals surface area contributed by atoms with E-state index in [-0.39, 0.29) is 6.02 Å². The third-order valence-electron chi connectivity index (χ3n) is 0.882. The maximum Gasteiger partial charge on any atom is 0.316 e. The van der Waals surface area contributed by atoms with Crippen molar-refractivity contribution in [3.05, 3.63) is 0 Å². The zero-order chi connectivity index (χ0) is 7.56. The highest BCUT2D eigenvalue weighted by atomic mass is 35.5. The van der Waals surface area contributed by atoms with Crippen molar-refractivity contribution in [1.82, 2.24) is 4.42 Å². The van der Waals surface area contributed by atoms with Gasteiger partial charge in [-0.2, -0.15) is 9.98 Å². The molecule has 0 spiro atoms. The van der Waals surface area contributed by atoms with Crippen molar-refractivity contribution >= 4 is 35.7 Å². The lowest BCUT2D eigenvalue weighted by Crippen LogP contribution is -2.24. The molecule has 56 valence electrons. The van der Waals surface area contributed by atoms with Gasteiger partial charge in [-0.25, -0.2) is 4.42 Å². The van der Waals surface area contributed by atoms with Gasteiger partial charge in [-0.05, 0) is 0 Å². The van der Waals surface area contributed by atoms with E-state index >= 15 is 0 Å². The summed E-state index contributed by atoms with van der Waals surface area (Å²) in [6, 6.07) is 0.233. The highest BCUT2D eigenvalue weighted by Gasteiger charge is 2.14. The van der Waals surface area contributed by atoms with Crippen LogP contribution in [0.2, 0.25) is 0 Å². The Balaban J connectivity index is 2.66. The van der Waals surface area contributed by atoms with Crippen LogP contribution in [-0.2, 0) is 4.74 Å². The third kappa shape index (κ3) is 1.52. The van der Waals surface area contributed by atoms with E-state index in [1.54, 1.807) is 0 Å². The minimum absolute atomic E-state index is 0.233. The molecule has 4 nitrogen and oxygen atoms in total. The van der Waals surface area contributed by atoms with Crippen molar-refractivity contribution in [1.29, 1.82) is 0 Å². The molecular formula is C4H5Cl2N3O. The quantitative estimate of drug-likeness (QED) is 0.318. The van der Waals surface area contributed by atoms with Crippen LogP contribution in [0.4, 0.5) is 0 Å². The highest BCUT2D eigenvalue weighted by Crippen LogP contribution is 2.11. The van der Waals surface area contributed by atoms with Gasteiger partial charge in [0.15, 0.2) is 0 Å². The topological polar surface area (TPSA) is 37.2 Å². The Kier molecular flexibility index (Phi) is 2.34. The Hall–Kier alpha value is -0.480. The van der Waals surface area contributed by atoms with Gasteiger partial charge in [-0.3, -0.25) is 0 Å². The van der Waals surface area contributed by atoms with Crippen LogP contribution in [0, 0.1) is 0 Å². The maximum atomic E-state index is 5.58. The Bertz CT molecular complexity index is 181. The van der Waals surface area contributed by atoms with Crippen LogP contribution in [0.5, 0.6) is 0 Å². The first-order valence-corrected chi connectivity index (χ1v) is 3.25. The first kappa shape index (κ1) is 7.63. The van der Waals surface area contributed by atoms with Gasteiger partial charge in [-0.15, -0.1) is 0 Å². The molecule has 1 aliphatic heterocycles. The lowest BCUT2D eigenvalue weighted by molar-refractivity contribution is 0.386. The molecule has 1 atom stereocenters. The van der Waals surface area contributed by atoms with E-state index < -0.39 is 5.62 Å².